The third kappa shape index (κ3) is 22.4. The van der Waals surface area contributed by atoms with Gasteiger partial charge in [-0.25, -0.2) is 0 Å². The minimum atomic E-state index is -0.444. The second kappa shape index (κ2) is 9.78. The van der Waals surface area contributed by atoms with Crippen LogP contribution in [0.15, 0.2) is 0 Å². The SMILES string of the molecule is BrCCBr.ClC(Br)(Br)CBr. The summed E-state index contributed by atoms with van der Waals surface area (Å²) in [7, 11) is 0. The molecule has 0 aromatic heterocycles. The normalized spacial score (nSPS) is 10.2. The van der Waals surface area contributed by atoms with Gasteiger partial charge in [-0.05, 0) is 0 Å². The first-order valence-electron chi connectivity index (χ1n) is 2.22. The maximum atomic E-state index is 5.50. The first-order chi connectivity index (χ1) is 4.47. The summed E-state index contributed by atoms with van der Waals surface area (Å²) < 4.78 is -0.444. The van der Waals surface area contributed by atoms with E-state index < -0.39 is 2.69 Å². The minimum Gasteiger partial charge on any atom is -0.0930 e. The van der Waals surface area contributed by atoms with Crippen molar-refractivity contribution in [1.29, 1.82) is 0 Å². The number of halogens is 6. The van der Waals surface area contributed by atoms with Crippen molar-refractivity contribution in [3.05, 3.63) is 0 Å². The summed E-state index contributed by atoms with van der Waals surface area (Å²) in [6.07, 6.45) is 0. The third-order valence-electron chi connectivity index (χ3n) is 0.223. The fourth-order valence-corrected chi connectivity index (χ4v) is 0. The lowest BCUT2D eigenvalue weighted by atomic mass is 11.0. The molecular formula is C4H6Br5Cl. The molecule has 0 saturated heterocycles. The zero-order valence-corrected chi connectivity index (χ0v) is 13.6. The van der Waals surface area contributed by atoms with E-state index in [0.717, 1.165) is 10.7 Å². The quantitative estimate of drug-likeness (QED) is 0.488. The van der Waals surface area contributed by atoms with Crippen molar-refractivity contribution in [3.8, 4) is 0 Å². The van der Waals surface area contributed by atoms with Gasteiger partial charge in [0.2, 0.25) is 0 Å². The van der Waals surface area contributed by atoms with Crippen LogP contribution >= 0.6 is 91.3 Å². The molecule has 0 amide bonds. The standard InChI is InChI=1S/C2H2Br3Cl.C2H4Br2/c3-1-2(4,5)6;3-1-2-4/h1H2;1-2H2. The molecule has 6 heteroatoms. The lowest BCUT2D eigenvalue weighted by molar-refractivity contribution is 1.41. The molecule has 0 aromatic rings. The Morgan fingerprint density at radius 3 is 1.20 bits per heavy atom. The highest BCUT2D eigenvalue weighted by atomic mass is 79.9. The first kappa shape index (κ1) is 15.2. The van der Waals surface area contributed by atoms with Crippen LogP contribution in [-0.4, -0.2) is 18.7 Å². The molecule has 10 heavy (non-hydrogen) atoms. The topological polar surface area (TPSA) is 0 Å². The van der Waals surface area contributed by atoms with Crippen LogP contribution in [0.3, 0.4) is 0 Å². The third-order valence-corrected chi connectivity index (χ3v) is 5.44. The number of rotatable bonds is 2. The number of hydrogen-bond acceptors (Lipinski definition) is 0. The first-order valence-corrected chi connectivity index (χ1v) is 7.55. The Bertz CT molecular complexity index is 59.2. The van der Waals surface area contributed by atoms with Crippen molar-refractivity contribution in [2.75, 3.05) is 16.0 Å². The van der Waals surface area contributed by atoms with Gasteiger partial charge in [0.05, 0.1) is 0 Å². The van der Waals surface area contributed by atoms with Crippen molar-refractivity contribution >= 4 is 91.3 Å². The Labute approximate surface area is 108 Å². The molecule has 0 aliphatic rings. The Balaban J connectivity index is 0. The molecule has 0 bridgehead atoms. The fourth-order valence-electron chi connectivity index (χ4n) is 0. The largest absolute Gasteiger partial charge is 0.163 e. The summed E-state index contributed by atoms with van der Waals surface area (Å²) in [5.41, 5.74) is 0. The van der Waals surface area contributed by atoms with Gasteiger partial charge in [0.15, 0.2) is 2.69 Å². The zero-order valence-electron chi connectivity index (χ0n) is 4.89. The molecule has 0 aliphatic heterocycles. The summed E-state index contributed by atoms with van der Waals surface area (Å²) in [5.74, 6) is 0. The van der Waals surface area contributed by atoms with E-state index in [-0.39, 0.29) is 0 Å². The van der Waals surface area contributed by atoms with E-state index in [0.29, 0.717) is 5.33 Å². The molecule has 0 saturated carbocycles. The maximum Gasteiger partial charge on any atom is 0.163 e. The Morgan fingerprint density at radius 1 is 1.00 bits per heavy atom. The van der Waals surface area contributed by atoms with Crippen LogP contribution in [-0.2, 0) is 0 Å². The molecule has 0 heterocycles. The summed E-state index contributed by atoms with van der Waals surface area (Å²) in [5, 5.41) is 2.78. The highest BCUT2D eigenvalue weighted by Crippen LogP contribution is 2.32. The Hall–Kier alpha value is 2.69. The summed E-state index contributed by atoms with van der Waals surface area (Å²) in [6, 6.07) is 0. The molecule has 64 valence electrons. The molecule has 0 N–H and O–H groups in total. The van der Waals surface area contributed by atoms with E-state index in [1.165, 1.54) is 0 Å². The molecule has 0 radical (unpaired) electrons. The van der Waals surface area contributed by atoms with Crippen LogP contribution in [0.2, 0.25) is 0 Å². The van der Waals surface area contributed by atoms with Gasteiger partial charge < -0.3 is 0 Å². The van der Waals surface area contributed by atoms with E-state index in [9.17, 15) is 0 Å². The van der Waals surface area contributed by atoms with Crippen LogP contribution in [0.1, 0.15) is 0 Å². The lowest BCUT2D eigenvalue weighted by Crippen LogP contribution is -1.98. The molecule has 0 atom stereocenters. The van der Waals surface area contributed by atoms with Gasteiger partial charge in [-0.1, -0.05) is 91.3 Å². The van der Waals surface area contributed by atoms with Crippen LogP contribution in [0.5, 0.6) is 0 Å². The number of hydrogen-bond donors (Lipinski definition) is 0. The Morgan fingerprint density at radius 2 is 1.20 bits per heavy atom. The lowest BCUT2D eigenvalue weighted by Gasteiger charge is -2.02. The van der Waals surface area contributed by atoms with Crippen molar-refractivity contribution in [2.45, 2.75) is 2.69 Å². The summed E-state index contributed by atoms with van der Waals surface area (Å²) >= 11 is 21.3. The van der Waals surface area contributed by atoms with Gasteiger partial charge in [-0.2, -0.15) is 0 Å². The minimum absolute atomic E-state index is 0.444. The van der Waals surface area contributed by atoms with Crippen LogP contribution in [0.4, 0.5) is 0 Å². The van der Waals surface area contributed by atoms with Gasteiger partial charge in [0.25, 0.3) is 0 Å². The van der Waals surface area contributed by atoms with Crippen LogP contribution in [0.25, 0.3) is 0 Å². The maximum absolute atomic E-state index is 5.50. The van der Waals surface area contributed by atoms with E-state index in [4.69, 9.17) is 11.6 Å². The van der Waals surface area contributed by atoms with E-state index in [1.54, 1.807) is 0 Å². The van der Waals surface area contributed by atoms with Gasteiger partial charge in [0.1, 0.15) is 0 Å². The second-order valence-electron chi connectivity index (χ2n) is 1.13. The molecule has 0 spiro atoms. The van der Waals surface area contributed by atoms with Crippen LogP contribution in [0, 0.1) is 0 Å². The van der Waals surface area contributed by atoms with E-state index in [2.05, 4.69) is 79.6 Å². The summed E-state index contributed by atoms with van der Waals surface area (Å²) in [4.78, 5) is 0. The van der Waals surface area contributed by atoms with E-state index >= 15 is 0 Å². The zero-order chi connectivity index (χ0) is 8.62. The second-order valence-corrected chi connectivity index (χ2v) is 8.60. The highest BCUT2D eigenvalue weighted by molar-refractivity contribution is 9.26. The van der Waals surface area contributed by atoms with Gasteiger partial charge >= 0.3 is 0 Å². The van der Waals surface area contributed by atoms with Gasteiger partial charge in [-0.15, -0.1) is 0 Å². The summed E-state index contributed by atoms with van der Waals surface area (Å²) in [6.45, 7) is 0. The average molecular weight is 489 g/mol. The van der Waals surface area contributed by atoms with Crippen molar-refractivity contribution < 1.29 is 0 Å². The van der Waals surface area contributed by atoms with Crippen molar-refractivity contribution in [3.63, 3.8) is 0 Å². The molecule has 0 aromatic carbocycles. The number of alkyl halides is 6. The van der Waals surface area contributed by atoms with Crippen molar-refractivity contribution in [2.24, 2.45) is 0 Å². The molecular weight excluding hydrogens is 483 g/mol. The van der Waals surface area contributed by atoms with Crippen molar-refractivity contribution in [1.82, 2.24) is 0 Å². The monoisotopic (exact) mass is 484 g/mol. The van der Waals surface area contributed by atoms with E-state index in [1.807, 2.05) is 0 Å². The Kier molecular flexibility index (Phi) is 14.8. The predicted octanol–water partition coefficient (Wildman–Crippen LogP) is 4.84. The molecule has 0 unspecified atom stereocenters. The molecule has 0 aliphatic carbocycles. The van der Waals surface area contributed by atoms with Gasteiger partial charge in [-0.3, -0.25) is 0 Å². The molecule has 0 rings (SSSR count). The van der Waals surface area contributed by atoms with Crippen LogP contribution < -0.4 is 0 Å². The average Bonchev–Trinajstić information content (AvgIpc) is 1.87. The fraction of sp³-hybridized carbons (Fsp3) is 1.00. The molecule has 0 nitrogen and oxygen atoms in total. The highest BCUT2D eigenvalue weighted by Gasteiger charge is 2.14. The van der Waals surface area contributed by atoms with Gasteiger partial charge in [0, 0.05) is 16.0 Å². The smallest absolute Gasteiger partial charge is 0.0930 e. The molecule has 0 fully saturated rings. The predicted molar refractivity (Wildman–Crippen MR) is 67.8 cm³/mol.